The summed E-state index contributed by atoms with van der Waals surface area (Å²) < 4.78 is 29.3. The molecule has 28 heavy (non-hydrogen) atoms. The molecular formula is C20H22F2N6. The van der Waals surface area contributed by atoms with E-state index in [-0.39, 0.29) is 5.95 Å². The van der Waals surface area contributed by atoms with Crippen molar-refractivity contribution in [3.05, 3.63) is 36.3 Å². The monoisotopic (exact) mass is 384 g/mol. The number of aryl methyl sites for hydroxylation is 1. The Morgan fingerprint density at radius 3 is 2.75 bits per heavy atom. The molecule has 0 spiro atoms. The van der Waals surface area contributed by atoms with Crippen LogP contribution in [0, 0.1) is 12.8 Å². The maximum atomic E-state index is 13.8. The number of hydrogen-bond donors (Lipinski definition) is 1. The van der Waals surface area contributed by atoms with Gasteiger partial charge in [-0.1, -0.05) is 0 Å². The maximum absolute atomic E-state index is 13.8. The predicted octanol–water partition coefficient (Wildman–Crippen LogP) is 4.67. The second-order valence-electron chi connectivity index (χ2n) is 7.45. The first-order chi connectivity index (χ1) is 13.3. The molecule has 0 amide bonds. The third-order valence-electron chi connectivity index (χ3n) is 4.76. The van der Waals surface area contributed by atoms with E-state index in [2.05, 4.69) is 25.4 Å². The van der Waals surface area contributed by atoms with Crippen LogP contribution in [-0.2, 0) is 0 Å². The number of hydrogen-bond acceptors (Lipinski definition) is 5. The Labute approximate surface area is 161 Å². The van der Waals surface area contributed by atoms with E-state index in [1.807, 2.05) is 32.9 Å². The molecule has 0 radical (unpaired) electrons. The molecule has 1 aliphatic carbocycles. The highest BCUT2D eigenvalue weighted by Gasteiger charge is 2.46. The minimum Gasteiger partial charge on any atom is -0.347 e. The summed E-state index contributed by atoms with van der Waals surface area (Å²) in [4.78, 5) is 13.1. The van der Waals surface area contributed by atoms with Crippen LogP contribution in [0.2, 0.25) is 0 Å². The summed E-state index contributed by atoms with van der Waals surface area (Å²) >= 11 is 0. The van der Waals surface area contributed by atoms with E-state index in [0.29, 0.717) is 18.7 Å². The molecule has 0 aromatic carbocycles. The first-order valence-corrected chi connectivity index (χ1v) is 9.28. The van der Waals surface area contributed by atoms with Gasteiger partial charge in [0.1, 0.15) is 0 Å². The van der Waals surface area contributed by atoms with Crippen molar-refractivity contribution in [3.8, 4) is 11.1 Å². The average Bonchev–Trinajstić information content (AvgIpc) is 3.43. The lowest BCUT2D eigenvalue weighted by molar-refractivity contribution is -0.00833. The molecule has 4 rings (SSSR count). The highest BCUT2D eigenvalue weighted by atomic mass is 19.3. The van der Waals surface area contributed by atoms with Gasteiger partial charge in [0.25, 0.3) is 5.92 Å². The summed E-state index contributed by atoms with van der Waals surface area (Å²) in [5, 5.41) is 6.96. The van der Waals surface area contributed by atoms with Gasteiger partial charge in [-0.05, 0) is 51.3 Å². The Morgan fingerprint density at radius 2 is 2.07 bits per heavy atom. The summed E-state index contributed by atoms with van der Waals surface area (Å²) in [6.45, 7) is 5.38. The topological polar surface area (TPSA) is 67.5 Å². The standard InChI is InChI=1S/C20H22F2N6/c1-12(2)26-18-13(3)8-14(9-23-18)16-6-7-28-17(16)10-24-19(27-28)25-11-20(21,22)15-4-5-15/h6-10,15H,4-5,11H2,1-3H3,(H,25,27). The van der Waals surface area contributed by atoms with Gasteiger partial charge in [0.2, 0.25) is 5.95 Å². The zero-order valence-electron chi connectivity index (χ0n) is 16.1. The van der Waals surface area contributed by atoms with Crippen LogP contribution in [0.25, 0.3) is 16.6 Å². The van der Waals surface area contributed by atoms with Crippen LogP contribution in [0.1, 0.15) is 32.3 Å². The quantitative estimate of drug-likeness (QED) is 0.627. The SMILES string of the molecule is CC(C)=Nc1ncc(-c2ccn3nc(NCC(F)(F)C4CC4)ncc23)cc1C. The van der Waals surface area contributed by atoms with Crippen molar-refractivity contribution in [2.45, 2.75) is 39.5 Å². The molecular weight excluding hydrogens is 362 g/mol. The second kappa shape index (κ2) is 6.92. The van der Waals surface area contributed by atoms with Gasteiger partial charge in [0, 0.05) is 35.2 Å². The van der Waals surface area contributed by atoms with Gasteiger partial charge in [-0.3, -0.25) is 0 Å². The van der Waals surface area contributed by atoms with Crippen LogP contribution in [-0.4, -0.2) is 37.8 Å². The van der Waals surface area contributed by atoms with Gasteiger partial charge in [0.05, 0.1) is 18.3 Å². The number of anilines is 1. The smallest absolute Gasteiger partial charge is 0.267 e. The van der Waals surface area contributed by atoms with E-state index in [1.54, 1.807) is 23.1 Å². The van der Waals surface area contributed by atoms with Gasteiger partial charge in [-0.2, -0.15) is 0 Å². The highest BCUT2D eigenvalue weighted by Crippen LogP contribution is 2.43. The Bertz CT molecular complexity index is 1050. The summed E-state index contributed by atoms with van der Waals surface area (Å²) in [5.74, 6) is -2.34. The minimum atomic E-state index is -2.72. The summed E-state index contributed by atoms with van der Waals surface area (Å²) in [6, 6.07) is 3.93. The Morgan fingerprint density at radius 1 is 1.29 bits per heavy atom. The fraction of sp³-hybridized carbons (Fsp3) is 0.400. The number of aromatic nitrogens is 4. The average molecular weight is 384 g/mol. The predicted molar refractivity (Wildman–Crippen MR) is 106 cm³/mol. The molecule has 3 aromatic heterocycles. The van der Waals surface area contributed by atoms with E-state index in [9.17, 15) is 8.78 Å². The summed E-state index contributed by atoms with van der Waals surface area (Å²) in [6.07, 6.45) is 6.37. The lowest BCUT2D eigenvalue weighted by atomic mass is 10.1. The first kappa shape index (κ1) is 18.5. The van der Waals surface area contributed by atoms with Crippen molar-refractivity contribution >= 4 is 23.0 Å². The molecule has 0 aliphatic heterocycles. The van der Waals surface area contributed by atoms with Crippen LogP contribution in [0.5, 0.6) is 0 Å². The zero-order chi connectivity index (χ0) is 19.9. The molecule has 0 atom stereocenters. The molecule has 6 nitrogen and oxygen atoms in total. The molecule has 1 N–H and O–H groups in total. The van der Waals surface area contributed by atoms with Crippen LogP contribution in [0.3, 0.4) is 0 Å². The highest BCUT2D eigenvalue weighted by molar-refractivity contribution is 5.83. The largest absolute Gasteiger partial charge is 0.347 e. The van der Waals surface area contributed by atoms with E-state index in [1.165, 1.54) is 0 Å². The Balaban J connectivity index is 1.58. The van der Waals surface area contributed by atoms with Crippen LogP contribution in [0.15, 0.2) is 35.7 Å². The van der Waals surface area contributed by atoms with Gasteiger partial charge in [-0.15, -0.1) is 5.10 Å². The Hall–Kier alpha value is -2.90. The number of aliphatic imine (C=N–C) groups is 1. The second-order valence-corrected chi connectivity index (χ2v) is 7.45. The van der Waals surface area contributed by atoms with Crippen LogP contribution in [0.4, 0.5) is 20.5 Å². The first-order valence-electron chi connectivity index (χ1n) is 9.28. The molecule has 8 heteroatoms. The van der Waals surface area contributed by atoms with Gasteiger partial charge >= 0.3 is 0 Å². The van der Waals surface area contributed by atoms with Crippen LogP contribution < -0.4 is 5.32 Å². The molecule has 0 bridgehead atoms. The van der Waals surface area contributed by atoms with Gasteiger partial charge in [0.15, 0.2) is 5.82 Å². The Kier molecular flexibility index (Phi) is 4.56. The van der Waals surface area contributed by atoms with Crippen LogP contribution >= 0.6 is 0 Å². The third kappa shape index (κ3) is 3.72. The number of nitrogens with one attached hydrogen (secondary N) is 1. The fourth-order valence-corrected chi connectivity index (χ4v) is 3.12. The van der Waals surface area contributed by atoms with Crippen molar-refractivity contribution in [1.82, 2.24) is 19.6 Å². The number of rotatable bonds is 6. The van der Waals surface area contributed by atoms with Crippen molar-refractivity contribution in [3.63, 3.8) is 0 Å². The summed E-state index contributed by atoms with van der Waals surface area (Å²) in [7, 11) is 0. The molecule has 1 aliphatic rings. The maximum Gasteiger partial charge on any atom is 0.267 e. The van der Waals surface area contributed by atoms with Crippen molar-refractivity contribution in [2.24, 2.45) is 10.9 Å². The lowest BCUT2D eigenvalue weighted by Crippen LogP contribution is -2.30. The number of pyridine rings is 1. The number of halogens is 2. The molecule has 0 unspecified atom stereocenters. The van der Waals surface area contributed by atoms with E-state index in [4.69, 9.17) is 0 Å². The number of alkyl halides is 2. The van der Waals surface area contributed by atoms with Crippen molar-refractivity contribution in [1.29, 1.82) is 0 Å². The van der Waals surface area contributed by atoms with E-state index >= 15 is 0 Å². The molecule has 0 saturated heterocycles. The molecule has 3 aromatic rings. The fourth-order valence-electron chi connectivity index (χ4n) is 3.12. The van der Waals surface area contributed by atoms with Crippen molar-refractivity contribution in [2.75, 3.05) is 11.9 Å². The van der Waals surface area contributed by atoms with Crippen molar-refractivity contribution < 1.29 is 8.78 Å². The van der Waals surface area contributed by atoms with E-state index in [0.717, 1.165) is 27.9 Å². The molecule has 1 saturated carbocycles. The molecule has 3 heterocycles. The van der Waals surface area contributed by atoms with Gasteiger partial charge < -0.3 is 5.32 Å². The zero-order valence-corrected chi connectivity index (χ0v) is 16.1. The summed E-state index contributed by atoms with van der Waals surface area (Å²) in [5.41, 5.74) is 4.55. The molecule has 1 fully saturated rings. The number of fused-ring (bicyclic) bond motifs is 1. The van der Waals surface area contributed by atoms with Gasteiger partial charge in [-0.25, -0.2) is 28.3 Å². The lowest BCUT2D eigenvalue weighted by Gasteiger charge is -2.15. The number of nitrogens with zero attached hydrogens (tertiary/aromatic N) is 5. The third-order valence-corrected chi connectivity index (χ3v) is 4.76. The normalized spacial score (nSPS) is 14.3. The minimum absolute atomic E-state index is 0.187. The van der Waals surface area contributed by atoms with E-state index < -0.39 is 18.4 Å². The molecule has 146 valence electrons.